The summed E-state index contributed by atoms with van der Waals surface area (Å²) < 4.78 is 1.99. The molecule has 0 unspecified atom stereocenters. The Labute approximate surface area is 143 Å². The fraction of sp³-hybridized carbons (Fsp3) is 0.0870. The third kappa shape index (κ3) is 4.35. The summed E-state index contributed by atoms with van der Waals surface area (Å²) in [6.07, 6.45) is 3.99. The summed E-state index contributed by atoms with van der Waals surface area (Å²) in [5, 5.41) is 0. The number of aryl methyl sites for hydroxylation is 2. The molecular weight excluding hydrogens is 290 g/mol. The van der Waals surface area contributed by atoms with Crippen LogP contribution >= 0.6 is 0 Å². The fourth-order valence-corrected chi connectivity index (χ4v) is 2.15. The minimum atomic E-state index is 0.990. The molecule has 0 aliphatic carbocycles. The lowest BCUT2D eigenvalue weighted by molar-refractivity contribution is -0.671. The second kappa shape index (κ2) is 7.32. The third-order valence-corrected chi connectivity index (χ3v) is 3.62. The van der Waals surface area contributed by atoms with E-state index in [1.165, 1.54) is 5.56 Å². The van der Waals surface area contributed by atoms with Crippen molar-refractivity contribution in [3.05, 3.63) is 101 Å². The highest BCUT2D eigenvalue weighted by atomic mass is 14.9. The summed E-state index contributed by atoms with van der Waals surface area (Å²) in [5.74, 6) is 12.7. The van der Waals surface area contributed by atoms with Gasteiger partial charge in [-0.25, -0.2) is 4.57 Å². The predicted octanol–water partition coefficient (Wildman–Crippen LogP) is 3.62. The van der Waals surface area contributed by atoms with Crippen molar-refractivity contribution >= 4 is 0 Å². The van der Waals surface area contributed by atoms with E-state index in [2.05, 4.69) is 42.7 Å². The van der Waals surface area contributed by atoms with Crippen LogP contribution in [0.2, 0.25) is 0 Å². The van der Waals surface area contributed by atoms with E-state index in [0.29, 0.717) is 0 Å². The molecule has 3 rings (SSSR count). The molecule has 2 aromatic carbocycles. The van der Waals surface area contributed by atoms with Gasteiger partial charge in [0.15, 0.2) is 12.4 Å². The molecule has 3 aromatic rings. The summed E-state index contributed by atoms with van der Waals surface area (Å²) in [6, 6.07) is 20.3. The van der Waals surface area contributed by atoms with Gasteiger partial charge in [-0.15, -0.1) is 0 Å². The van der Waals surface area contributed by atoms with Crippen molar-refractivity contribution in [2.24, 2.45) is 7.05 Å². The highest BCUT2D eigenvalue weighted by molar-refractivity contribution is 5.47. The molecule has 1 aromatic heterocycles. The molecule has 0 amide bonds. The van der Waals surface area contributed by atoms with Crippen LogP contribution in [0.15, 0.2) is 73.1 Å². The lowest BCUT2D eigenvalue weighted by Crippen LogP contribution is -2.25. The molecule has 1 heteroatoms. The first-order valence-corrected chi connectivity index (χ1v) is 7.85. The second-order valence-corrected chi connectivity index (χ2v) is 5.70. The van der Waals surface area contributed by atoms with Crippen molar-refractivity contribution < 1.29 is 4.57 Å². The van der Waals surface area contributed by atoms with E-state index in [0.717, 1.165) is 22.3 Å². The number of nitrogens with zero attached hydrogens (tertiary/aromatic N) is 1. The van der Waals surface area contributed by atoms with Crippen LogP contribution in [0.25, 0.3) is 0 Å². The molecule has 0 bridgehead atoms. The molecule has 1 nitrogen and oxygen atoms in total. The second-order valence-electron chi connectivity index (χ2n) is 5.70. The summed E-state index contributed by atoms with van der Waals surface area (Å²) in [7, 11) is 1.99. The predicted molar refractivity (Wildman–Crippen MR) is 97.2 cm³/mol. The Hall–Kier alpha value is -3.29. The van der Waals surface area contributed by atoms with Gasteiger partial charge in [-0.1, -0.05) is 41.4 Å². The van der Waals surface area contributed by atoms with Crippen molar-refractivity contribution in [3.8, 4) is 23.7 Å². The molecule has 1 heterocycles. The summed E-state index contributed by atoms with van der Waals surface area (Å²) >= 11 is 0. The van der Waals surface area contributed by atoms with Crippen LogP contribution in [0.4, 0.5) is 0 Å². The van der Waals surface area contributed by atoms with Gasteiger partial charge in [-0.05, 0) is 43.3 Å². The molecule has 0 radical (unpaired) electrons. The van der Waals surface area contributed by atoms with Gasteiger partial charge in [-0.3, -0.25) is 0 Å². The van der Waals surface area contributed by atoms with Gasteiger partial charge >= 0.3 is 0 Å². The van der Waals surface area contributed by atoms with Crippen molar-refractivity contribution in [2.45, 2.75) is 6.92 Å². The van der Waals surface area contributed by atoms with Crippen LogP contribution < -0.4 is 4.57 Å². The van der Waals surface area contributed by atoms with Crippen molar-refractivity contribution in [1.82, 2.24) is 0 Å². The van der Waals surface area contributed by atoms with Gasteiger partial charge in [0.25, 0.3) is 0 Å². The molecule has 0 spiro atoms. The van der Waals surface area contributed by atoms with Gasteiger partial charge in [-0.2, -0.15) is 0 Å². The normalized spacial score (nSPS) is 9.42. The topological polar surface area (TPSA) is 3.88 Å². The van der Waals surface area contributed by atoms with E-state index in [4.69, 9.17) is 0 Å². The first-order valence-electron chi connectivity index (χ1n) is 7.85. The number of pyridine rings is 1. The van der Waals surface area contributed by atoms with E-state index in [-0.39, 0.29) is 0 Å². The molecule has 24 heavy (non-hydrogen) atoms. The zero-order chi connectivity index (χ0) is 16.8. The molecule has 0 N–H and O–H groups in total. The minimum Gasteiger partial charge on any atom is -0.208 e. The average molecular weight is 308 g/mol. The Morgan fingerprint density at radius 1 is 0.542 bits per heavy atom. The van der Waals surface area contributed by atoms with Crippen LogP contribution in [0.5, 0.6) is 0 Å². The maximum absolute atomic E-state index is 3.19. The van der Waals surface area contributed by atoms with E-state index in [1.807, 2.05) is 72.5 Å². The van der Waals surface area contributed by atoms with E-state index >= 15 is 0 Å². The highest BCUT2D eigenvalue weighted by Crippen LogP contribution is 2.05. The van der Waals surface area contributed by atoms with Crippen LogP contribution in [0.1, 0.15) is 27.8 Å². The Kier molecular flexibility index (Phi) is 4.76. The van der Waals surface area contributed by atoms with Crippen LogP contribution in [0, 0.1) is 30.6 Å². The molecule has 0 aliphatic heterocycles. The molecule has 0 saturated carbocycles. The first-order chi connectivity index (χ1) is 11.7. The number of rotatable bonds is 0. The molecule has 0 atom stereocenters. The maximum atomic E-state index is 3.19. The monoisotopic (exact) mass is 308 g/mol. The summed E-state index contributed by atoms with van der Waals surface area (Å²) in [4.78, 5) is 0. The van der Waals surface area contributed by atoms with Gasteiger partial charge in [0.05, 0.1) is 0 Å². The van der Waals surface area contributed by atoms with Crippen LogP contribution in [0.3, 0.4) is 0 Å². The van der Waals surface area contributed by atoms with Crippen molar-refractivity contribution in [2.75, 3.05) is 0 Å². The molecule has 114 valence electrons. The van der Waals surface area contributed by atoms with Crippen molar-refractivity contribution in [3.63, 3.8) is 0 Å². The maximum Gasteiger partial charge on any atom is 0.169 e. The quantitative estimate of drug-likeness (QED) is 0.441. The Balaban J connectivity index is 1.72. The zero-order valence-corrected chi connectivity index (χ0v) is 13.9. The van der Waals surface area contributed by atoms with Gasteiger partial charge in [0.2, 0.25) is 0 Å². The van der Waals surface area contributed by atoms with Crippen LogP contribution in [-0.4, -0.2) is 0 Å². The zero-order valence-electron chi connectivity index (χ0n) is 13.9. The van der Waals surface area contributed by atoms with Crippen molar-refractivity contribution in [1.29, 1.82) is 0 Å². The standard InChI is InChI=1S/C23H18N/c1-19-3-5-20(6-4-19)7-8-21-9-11-22(12-10-21)13-14-23-15-17-24(2)18-16-23/h3-6,9-12,15-18H,1-2H3/q+1. The minimum absolute atomic E-state index is 0.990. The van der Waals surface area contributed by atoms with E-state index in [9.17, 15) is 0 Å². The van der Waals surface area contributed by atoms with E-state index < -0.39 is 0 Å². The largest absolute Gasteiger partial charge is 0.208 e. The lowest BCUT2D eigenvalue weighted by atomic mass is 10.1. The van der Waals surface area contributed by atoms with E-state index in [1.54, 1.807) is 0 Å². The Morgan fingerprint density at radius 3 is 1.29 bits per heavy atom. The molecule has 0 saturated heterocycles. The molecule has 0 fully saturated rings. The molecule has 0 aliphatic rings. The lowest BCUT2D eigenvalue weighted by Gasteiger charge is -1.93. The van der Waals surface area contributed by atoms with Gasteiger partial charge < -0.3 is 0 Å². The third-order valence-electron chi connectivity index (χ3n) is 3.62. The Bertz CT molecular complexity index is 857. The first kappa shape index (κ1) is 15.6. The van der Waals surface area contributed by atoms with Gasteiger partial charge in [0.1, 0.15) is 7.05 Å². The SMILES string of the molecule is Cc1ccc(C#Cc2ccc(C#Cc3cc[n+](C)cc3)cc2)cc1. The molecular formula is C23H18N+. The number of hydrogen-bond donors (Lipinski definition) is 0. The summed E-state index contributed by atoms with van der Waals surface area (Å²) in [5.41, 5.74) is 5.27. The number of aromatic nitrogens is 1. The average Bonchev–Trinajstić information content (AvgIpc) is 2.62. The number of benzene rings is 2. The van der Waals surface area contributed by atoms with Gasteiger partial charge in [0, 0.05) is 34.4 Å². The fourth-order valence-electron chi connectivity index (χ4n) is 2.15. The highest BCUT2D eigenvalue weighted by Gasteiger charge is 1.92. The number of hydrogen-bond acceptors (Lipinski definition) is 0. The summed E-state index contributed by atoms with van der Waals surface area (Å²) in [6.45, 7) is 2.08. The Morgan fingerprint density at radius 2 is 0.875 bits per heavy atom. The smallest absolute Gasteiger partial charge is 0.169 e. The van der Waals surface area contributed by atoms with Crippen LogP contribution in [-0.2, 0) is 7.05 Å².